The smallest absolute Gasteiger partial charge is 0.262 e. The maximum atomic E-state index is 12.4. The summed E-state index contributed by atoms with van der Waals surface area (Å²) in [6.45, 7) is 3.73. The van der Waals surface area contributed by atoms with Crippen LogP contribution in [0.25, 0.3) is 15.5 Å². The van der Waals surface area contributed by atoms with Crippen LogP contribution in [-0.4, -0.2) is 39.4 Å². The van der Waals surface area contributed by atoms with E-state index in [9.17, 15) is 4.79 Å². The summed E-state index contributed by atoms with van der Waals surface area (Å²) in [5, 5.41) is 16.2. The van der Waals surface area contributed by atoms with Crippen molar-refractivity contribution in [2.24, 2.45) is 0 Å². The molecule has 4 rings (SSSR count). The lowest BCUT2D eigenvalue weighted by Gasteiger charge is -2.12. The Kier molecular flexibility index (Phi) is 5.13. The molecule has 2 aromatic carbocycles. The Morgan fingerprint density at radius 3 is 2.66 bits per heavy atom. The predicted octanol–water partition coefficient (Wildman–Crippen LogP) is 3.50. The average Bonchev–Trinajstić information content (AvgIpc) is 3.30. The lowest BCUT2D eigenvalue weighted by molar-refractivity contribution is -0.118. The van der Waals surface area contributed by atoms with Crippen molar-refractivity contribution in [3.05, 3.63) is 53.9 Å². The van der Waals surface area contributed by atoms with E-state index in [0.29, 0.717) is 22.1 Å². The molecule has 0 saturated carbocycles. The fraction of sp³-hybridized carbons (Fsp3) is 0.200. The molecule has 2 heterocycles. The Bertz CT molecular complexity index is 1170. The number of hydrogen-bond acceptors (Lipinski definition) is 7. The van der Waals surface area contributed by atoms with Gasteiger partial charge in [-0.2, -0.15) is 9.61 Å². The van der Waals surface area contributed by atoms with Crippen molar-refractivity contribution in [1.29, 1.82) is 0 Å². The molecule has 0 radical (unpaired) electrons. The van der Waals surface area contributed by atoms with Gasteiger partial charge >= 0.3 is 0 Å². The number of benzene rings is 2. The monoisotopic (exact) mass is 409 g/mol. The van der Waals surface area contributed by atoms with E-state index in [1.54, 1.807) is 17.7 Å². The quantitative estimate of drug-likeness (QED) is 0.524. The van der Waals surface area contributed by atoms with Gasteiger partial charge in [-0.1, -0.05) is 29.0 Å². The standard InChI is InChI=1S/C20H19N5O3S/c1-12-4-7-15(8-5-12)28-11-18(26)21-16-10-14(6-9-17(16)27-3)19-24-25-13(2)22-23-20(25)29-19/h4-10H,11H2,1-3H3,(H,21,26). The second-order valence-corrected chi connectivity index (χ2v) is 7.37. The first-order chi connectivity index (χ1) is 14.0. The summed E-state index contributed by atoms with van der Waals surface area (Å²) in [4.78, 5) is 13.1. The van der Waals surface area contributed by atoms with E-state index in [1.807, 2.05) is 50.2 Å². The SMILES string of the molecule is COc1ccc(-c2nn3c(C)nnc3s2)cc1NC(=O)COc1ccc(C)cc1. The lowest BCUT2D eigenvalue weighted by Crippen LogP contribution is -2.20. The third-order valence-corrected chi connectivity index (χ3v) is 5.21. The Balaban J connectivity index is 1.51. The van der Waals surface area contributed by atoms with Gasteiger partial charge in [0.25, 0.3) is 5.91 Å². The zero-order chi connectivity index (χ0) is 20.4. The van der Waals surface area contributed by atoms with Crippen LogP contribution in [0.3, 0.4) is 0 Å². The van der Waals surface area contributed by atoms with Crippen LogP contribution in [0.4, 0.5) is 5.69 Å². The number of fused-ring (bicyclic) bond motifs is 1. The van der Waals surface area contributed by atoms with E-state index in [-0.39, 0.29) is 12.5 Å². The van der Waals surface area contributed by atoms with Crippen LogP contribution < -0.4 is 14.8 Å². The van der Waals surface area contributed by atoms with Crippen LogP contribution in [0.15, 0.2) is 42.5 Å². The third kappa shape index (κ3) is 4.04. The zero-order valence-electron chi connectivity index (χ0n) is 16.2. The van der Waals surface area contributed by atoms with Gasteiger partial charge in [-0.15, -0.1) is 10.2 Å². The summed E-state index contributed by atoms with van der Waals surface area (Å²) in [6.07, 6.45) is 0. The summed E-state index contributed by atoms with van der Waals surface area (Å²) in [5.41, 5.74) is 2.52. The van der Waals surface area contributed by atoms with E-state index in [1.165, 1.54) is 11.3 Å². The number of rotatable bonds is 6. The molecule has 0 bridgehead atoms. The van der Waals surface area contributed by atoms with Crippen molar-refractivity contribution >= 4 is 27.9 Å². The minimum absolute atomic E-state index is 0.105. The number of aryl methyl sites for hydroxylation is 2. The van der Waals surface area contributed by atoms with Crippen molar-refractivity contribution < 1.29 is 14.3 Å². The van der Waals surface area contributed by atoms with Gasteiger partial charge in [-0.25, -0.2) is 0 Å². The van der Waals surface area contributed by atoms with Crippen LogP contribution in [0.5, 0.6) is 11.5 Å². The normalized spacial score (nSPS) is 10.9. The molecule has 29 heavy (non-hydrogen) atoms. The van der Waals surface area contributed by atoms with Gasteiger partial charge in [0.05, 0.1) is 12.8 Å². The summed E-state index contributed by atoms with van der Waals surface area (Å²) in [5.74, 6) is 1.63. The van der Waals surface area contributed by atoms with Gasteiger partial charge in [0.15, 0.2) is 12.4 Å². The first kappa shape index (κ1) is 18.9. The Labute approximate surface area is 171 Å². The molecule has 148 valence electrons. The molecule has 0 aliphatic heterocycles. The highest BCUT2D eigenvalue weighted by molar-refractivity contribution is 7.19. The minimum atomic E-state index is -0.282. The van der Waals surface area contributed by atoms with Crippen molar-refractivity contribution in [2.75, 3.05) is 19.0 Å². The van der Waals surface area contributed by atoms with Gasteiger partial charge in [-0.05, 0) is 44.2 Å². The number of anilines is 1. The molecule has 1 amide bonds. The van der Waals surface area contributed by atoms with Crippen molar-refractivity contribution in [1.82, 2.24) is 19.8 Å². The summed E-state index contributed by atoms with van der Waals surface area (Å²) < 4.78 is 12.6. The Hall–Kier alpha value is -3.46. The molecule has 9 heteroatoms. The number of hydrogen-bond donors (Lipinski definition) is 1. The topological polar surface area (TPSA) is 90.6 Å². The van der Waals surface area contributed by atoms with Crippen LogP contribution in [-0.2, 0) is 4.79 Å². The fourth-order valence-corrected chi connectivity index (χ4v) is 3.62. The molecule has 0 saturated heterocycles. The molecule has 0 aliphatic rings. The molecule has 2 aromatic heterocycles. The number of amides is 1. The number of carbonyl (C=O) groups excluding carboxylic acids is 1. The first-order valence-corrected chi connectivity index (χ1v) is 9.72. The van der Waals surface area contributed by atoms with Gasteiger partial charge in [0, 0.05) is 5.56 Å². The van der Waals surface area contributed by atoms with Crippen LogP contribution >= 0.6 is 11.3 Å². The summed E-state index contributed by atoms with van der Waals surface area (Å²) >= 11 is 1.42. The highest BCUT2D eigenvalue weighted by Gasteiger charge is 2.14. The van der Waals surface area contributed by atoms with E-state index >= 15 is 0 Å². The molecular weight excluding hydrogens is 390 g/mol. The summed E-state index contributed by atoms with van der Waals surface area (Å²) in [7, 11) is 1.56. The van der Waals surface area contributed by atoms with Crippen LogP contribution in [0.2, 0.25) is 0 Å². The number of aromatic nitrogens is 4. The lowest BCUT2D eigenvalue weighted by atomic mass is 10.2. The second-order valence-electron chi connectivity index (χ2n) is 6.41. The maximum absolute atomic E-state index is 12.4. The van der Waals surface area contributed by atoms with Gasteiger partial charge in [-0.3, -0.25) is 4.79 Å². The largest absolute Gasteiger partial charge is 0.495 e. The molecule has 0 atom stereocenters. The Morgan fingerprint density at radius 1 is 1.14 bits per heavy atom. The van der Waals surface area contributed by atoms with E-state index in [2.05, 4.69) is 20.6 Å². The molecule has 8 nitrogen and oxygen atoms in total. The molecular formula is C20H19N5O3S. The molecule has 1 N–H and O–H groups in total. The molecule has 0 fully saturated rings. The van der Waals surface area contributed by atoms with E-state index in [4.69, 9.17) is 9.47 Å². The summed E-state index contributed by atoms with van der Waals surface area (Å²) in [6, 6.07) is 13.0. The van der Waals surface area contributed by atoms with Crippen molar-refractivity contribution in [3.63, 3.8) is 0 Å². The zero-order valence-corrected chi connectivity index (χ0v) is 17.0. The van der Waals surface area contributed by atoms with E-state index < -0.39 is 0 Å². The number of nitrogens with one attached hydrogen (secondary N) is 1. The second kappa shape index (κ2) is 7.88. The first-order valence-electron chi connectivity index (χ1n) is 8.90. The molecule has 0 spiro atoms. The molecule has 4 aromatic rings. The van der Waals surface area contributed by atoms with Gasteiger partial charge in [0.1, 0.15) is 16.5 Å². The van der Waals surface area contributed by atoms with Gasteiger partial charge in [0.2, 0.25) is 4.96 Å². The number of carbonyl (C=O) groups is 1. The number of methoxy groups -OCH3 is 1. The average molecular weight is 409 g/mol. The minimum Gasteiger partial charge on any atom is -0.495 e. The highest BCUT2D eigenvalue weighted by atomic mass is 32.1. The van der Waals surface area contributed by atoms with E-state index in [0.717, 1.165) is 22.0 Å². The fourth-order valence-electron chi connectivity index (χ4n) is 2.74. The van der Waals surface area contributed by atoms with Crippen molar-refractivity contribution in [3.8, 4) is 22.1 Å². The van der Waals surface area contributed by atoms with Crippen LogP contribution in [0, 0.1) is 13.8 Å². The van der Waals surface area contributed by atoms with Crippen LogP contribution in [0.1, 0.15) is 11.4 Å². The molecule has 0 unspecified atom stereocenters. The number of ether oxygens (including phenoxy) is 2. The van der Waals surface area contributed by atoms with Gasteiger partial charge < -0.3 is 14.8 Å². The Morgan fingerprint density at radius 2 is 1.93 bits per heavy atom. The maximum Gasteiger partial charge on any atom is 0.262 e. The highest BCUT2D eigenvalue weighted by Crippen LogP contribution is 2.32. The molecule has 0 aliphatic carbocycles. The third-order valence-electron chi connectivity index (χ3n) is 4.26. The predicted molar refractivity (Wildman–Crippen MR) is 111 cm³/mol. The number of nitrogens with zero attached hydrogens (tertiary/aromatic N) is 4. The van der Waals surface area contributed by atoms with Crippen molar-refractivity contribution in [2.45, 2.75) is 13.8 Å².